The molecule has 1 saturated carbocycles. The Morgan fingerprint density at radius 2 is 2.12 bits per heavy atom. The minimum absolute atomic E-state index is 0.527. The van der Waals surface area contributed by atoms with Crippen LogP contribution in [0.4, 0.5) is 0 Å². The molecule has 5 nitrogen and oxygen atoms in total. The lowest BCUT2D eigenvalue weighted by Gasteiger charge is -2.28. The van der Waals surface area contributed by atoms with Gasteiger partial charge in [0.05, 0.1) is 6.54 Å². The molecule has 3 rings (SSSR count). The Morgan fingerprint density at radius 3 is 2.88 bits per heavy atom. The number of hydrogen-bond acceptors (Lipinski definition) is 2. The number of guanidine groups is 1. The van der Waals surface area contributed by atoms with Crippen molar-refractivity contribution in [3.05, 3.63) is 54.1 Å². The molecule has 1 fully saturated rings. The van der Waals surface area contributed by atoms with E-state index >= 15 is 0 Å². The zero-order valence-corrected chi connectivity index (χ0v) is 15.3. The Balaban J connectivity index is 1.55. The van der Waals surface area contributed by atoms with Crippen molar-refractivity contribution < 1.29 is 0 Å². The summed E-state index contributed by atoms with van der Waals surface area (Å²) in [6.07, 6.45) is 9.00. The summed E-state index contributed by atoms with van der Waals surface area (Å²) < 4.78 is 2.18. The van der Waals surface area contributed by atoms with Crippen molar-refractivity contribution in [2.45, 2.75) is 51.7 Å². The van der Waals surface area contributed by atoms with Crippen LogP contribution in [0.1, 0.15) is 44.0 Å². The van der Waals surface area contributed by atoms with Gasteiger partial charge in [0.25, 0.3) is 0 Å². The van der Waals surface area contributed by atoms with Gasteiger partial charge < -0.3 is 15.2 Å². The summed E-state index contributed by atoms with van der Waals surface area (Å²) in [5.41, 5.74) is 1.28. The molecule has 1 aromatic heterocycles. The third-order valence-electron chi connectivity index (χ3n) is 4.91. The highest BCUT2D eigenvalue weighted by Crippen LogP contribution is 2.23. The van der Waals surface area contributed by atoms with E-state index in [1.807, 2.05) is 25.5 Å². The first-order valence-corrected chi connectivity index (χ1v) is 9.25. The van der Waals surface area contributed by atoms with E-state index in [4.69, 9.17) is 0 Å². The standard InChI is InChI=1S/C20H29N5/c1-16-7-6-10-18(13-16)24-20(21-2)23-14-19-22-11-12-25(19)15-17-8-4-3-5-9-17/h3-5,8-9,11-12,16,18H,6-7,10,13-15H2,1-2H3,(H2,21,23,24). The smallest absolute Gasteiger partial charge is 0.191 e. The van der Waals surface area contributed by atoms with E-state index in [9.17, 15) is 0 Å². The summed E-state index contributed by atoms with van der Waals surface area (Å²) >= 11 is 0. The molecule has 0 aliphatic heterocycles. The first kappa shape index (κ1) is 17.5. The molecule has 2 atom stereocenters. The molecule has 134 valence electrons. The second-order valence-electron chi connectivity index (χ2n) is 7.00. The van der Waals surface area contributed by atoms with Crippen LogP contribution < -0.4 is 10.6 Å². The predicted octanol–water partition coefficient (Wildman–Crippen LogP) is 3.18. The molecule has 1 aliphatic carbocycles. The van der Waals surface area contributed by atoms with Gasteiger partial charge in [-0.1, -0.05) is 50.1 Å². The van der Waals surface area contributed by atoms with Crippen molar-refractivity contribution in [3.63, 3.8) is 0 Å². The van der Waals surface area contributed by atoms with Gasteiger partial charge in [-0.2, -0.15) is 0 Å². The van der Waals surface area contributed by atoms with Crippen LogP contribution >= 0.6 is 0 Å². The van der Waals surface area contributed by atoms with Crippen molar-refractivity contribution in [1.82, 2.24) is 20.2 Å². The Labute approximate surface area is 150 Å². The quantitative estimate of drug-likeness (QED) is 0.650. The number of rotatable bonds is 5. The second-order valence-corrected chi connectivity index (χ2v) is 7.00. The third kappa shape index (κ3) is 5.08. The SMILES string of the molecule is CN=C(NCc1nccn1Cc1ccccc1)NC1CCCC(C)C1. The molecule has 2 N–H and O–H groups in total. The van der Waals surface area contributed by atoms with E-state index in [0.717, 1.165) is 24.2 Å². The highest BCUT2D eigenvalue weighted by atomic mass is 15.2. The number of nitrogens with zero attached hydrogens (tertiary/aromatic N) is 3. The molecule has 0 saturated heterocycles. The summed E-state index contributed by atoms with van der Waals surface area (Å²) in [6, 6.07) is 11.0. The lowest BCUT2D eigenvalue weighted by Crippen LogP contribution is -2.45. The monoisotopic (exact) mass is 339 g/mol. The zero-order chi connectivity index (χ0) is 17.5. The normalized spacial score (nSPS) is 21.1. The van der Waals surface area contributed by atoms with E-state index < -0.39 is 0 Å². The van der Waals surface area contributed by atoms with Crippen LogP contribution in [-0.4, -0.2) is 28.6 Å². The first-order valence-electron chi connectivity index (χ1n) is 9.25. The zero-order valence-electron chi connectivity index (χ0n) is 15.3. The number of aliphatic imine (C=N–C) groups is 1. The van der Waals surface area contributed by atoms with Crippen LogP contribution in [0.3, 0.4) is 0 Å². The molecular formula is C20H29N5. The molecule has 0 bridgehead atoms. The summed E-state index contributed by atoms with van der Waals surface area (Å²) in [4.78, 5) is 8.87. The fourth-order valence-corrected chi connectivity index (χ4v) is 3.55. The average molecular weight is 339 g/mol. The Hall–Kier alpha value is -2.30. The molecule has 5 heteroatoms. The van der Waals surface area contributed by atoms with Crippen molar-refractivity contribution in [1.29, 1.82) is 0 Å². The maximum Gasteiger partial charge on any atom is 0.191 e. The maximum atomic E-state index is 4.50. The minimum Gasteiger partial charge on any atom is -0.354 e. The fourth-order valence-electron chi connectivity index (χ4n) is 3.55. The second kappa shape index (κ2) is 8.70. The van der Waals surface area contributed by atoms with E-state index in [-0.39, 0.29) is 0 Å². The van der Waals surface area contributed by atoms with Gasteiger partial charge in [-0.3, -0.25) is 4.99 Å². The van der Waals surface area contributed by atoms with Crippen molar-refractivity contribution in [2.24, 2.45) is 10.9 Å². The Bertz CT molecular complexity index is 676. The van der Waals surface area contributed by atoms with Gasteiger partial charge in [0, 0.05) is 32.0 Å². The largest absolute Gasteiger partial charge is 0.354 e. The molecule has 1 aromatic carbocycles. The number of imidazole rings is 1. The molecule has 1 heterocycles. The topological polar surface area (TPSA) is 54.2 Å². The van der Waals surface area contributed by atoms with E-state index in [1.54, 1.807) is 0 Å². The average Bonchev–Trinajstić information content (AvgIpc) is 3.06. The van der Waals surface area contributed by atoms with Crippen LogP contribution in [0.15, 0.2) is 47.7 Å². The highest BCUT2D eigenvalue weighted by molar-refractivity contribution is 5.79. The lowest BCUT2D eigenvalue weighted by molar-refractivity contribution is 0.324. The lowest BCUT2D eigenvalue weighted by atomic mass is 9.87. The predicted molar refractivity (Wildman–Crippen MR) is 103 cm³/mol. The Morgan fingerprint density at radius 1 is 1.28 bits per heavy atom. The molecule has 0 radical (unpaired) electrons. The minimum atomic E-state index is 0.527. The molecule has 25 heavy (non-hydrogen) atoms. The van der Waals surface area contributed by atoms with Gasteiger partial charge in [-0.25, -0.2) is 4.98 Å². The van der Waals surface area contributed by atoms with Crippen molar-refractivity contribution in [3.8, 4) is 0 Å². The summed E-state index contributed by atoms with van der Waals surface area (Å²) in [5.74, 6) is 2.69. The summed E-state index contributed by atoms with van der Waals surface area (Å²) in [5, 5.41) is 6.99. The van der Waals surface area contributed by atoms with Gasteiger partial charge in [0.1, 0.15) is 5.82 Å². The van der Waals surface area contributed by atoms with E-state index in [0.29, 0.717) is 12.6 Å². The molecule has 0 spiro atoms. The van der Waals surface area contributed by atoms with Gasteiger partial charge >= 0.3 is 0 Å². The van der Waals surface area contributed by atoms with Crippen LogP contribution in [0.2, 0.25) is 0 Å². The van der Waals surface area contributed by atoms with Crippen molar-refractivity contribution in [2.75, 3.05) is 7.05 Å². The van der Waals surface area contributed by atoms with Gasteiger partial charge in [-0.15, -0.1) is 0 Å². The first-order chi connectivity index (χ1) is 12.2. The van der Waals surface area contributed by atoms with Gasteiger partial charge in [-0.05, 0) is 24.3 Å². The maximum absolute atomic E-state index is 4.50. The Kier molecular flexibility index (Phi) is 6.09. The summed E-state index contributed by atoms with van der Waals surface area (Å²) in [6.45, 7) is 3.84. The van der Waals surface area contributed by atoms with Crippen LogP contribution in [0.25, 0.3) is 0 Å². The third-order valence-corrected chi connectivity index (χ3v) is 4.91. The molecule has 2 unspecified atom stereocenters. The van der Waals surface area contributed by atoms with Gasteiger partial charge in [0.15, 0.2) is 5.96 Å². The van der Waals surface area contributed by atoms with Crippen LogP contribution in [0, 0.1) is 5.92 Å². The van der Waals surface area contributed by atoms with Gasteiger partial charge in [0.2, 0.25) is 0 Å². The van der Waals surface area contributed by atoms with Crippen molar-refractivity contribution >= 4 is 5.96 Å². The van der Waals surface area contributed by atoms with E-state index in [2.05, 4.69) is 56.4 Å². The van der Waals surface area contributed by atoms with Crippen LogP contribution in [0.5, 0.6) is 0 Å². The molecule has 2 aromatic rings. The number of benzene rings is 1. The number of aromatic nitrogens is 2. The number of nitrogens with one attached hydrogen (secondary N) is 2. The number of hydrogen-bond donors (Lipinski definition) is 2. The van der Waals surface area contributed by atoms with Crippen LogP contribution in [-0.2, 0) is 13.1 Å². The fraction of sp³-hybridized carbons (Fsp3) is 0.500. The van der Waals surface area contributed by atoms with E-state index in [1.165, 1.54) is 31.2 Å². The molecule has 0 amide bonds. The summed E-state index contributed by atoms with van der Waals surface area (Å²) in [7, 11) is 1.83. The molecular weight excluding hydrogens is 310 g/mol. The molecule has 1 aliphatic rings. The highest BCUT2D eigenvalue weighted by Gasteiger charge is 2.19.